The molecule has 0 saturated heterocycles. The Labute approximate surface area is 135 Å². The van der Waals surface area contributed by atoms with Gasteiger partial charge in [0.2, 0.25) is 0 Å². The monoisotopic (exact) mass is 318 g/mol. The summed E-state index contributed by atoms with van der Waals surface area (Å²) in [5, 5.41) is 0. The number of esters is 1. The Morgan fingerprint density at radius 3 is 2.14 bits per heavy atom. The minimum Gasteiger partial charge on any atom is -0.469 e. The molecule has 0 fully saturated rings. The van der Waals surface area contributed by atoms with E-state index in [1.807, 2.05) is 0 Å². The molecule has 0 aliphatic rings. The van der Waals surface area contributed by atoms with E-state index in [1.165, 1.54) is 32.8 Å². The molecular formula is C17H34O5. The van der Waals surface area contributed by atoms with Crippen molar-refractivity contribution < 1.29 is 23.7 Å². The largest absolute Gasteiger partial charge is 0.469 e. The lowest BCUT2D eigenvalue weighted by Gasteiger charge is -2.14. The first-order valence-corrected chi connectivity index (χ1v) is 8.54. The summed E-state index contributed by atoms with van der Waals surface area (Å²) in [5.41, 5.74) is 0. The third kappa shape index (κ3) is 14.3. The fourth-order valence-corrected chi connectivity index (χ4v) is 2.01. The van der Waals surface area contributed by atoms with Crippen molar-refractivity contribution in [2.45, 2.75) is 52.4 Å². The van der Waals surface area contributed by atoms with Crippen molar-refractivity contribution >= 4 is 5.97 Å². The van der Waals surface area contributed by atoms with Crippen LogP contribution in [0.15, 0.2) is 0 Å². The molecule has 0 N–H and O–H groups in total. The highest BCUT2D eigenvalue weighted by Gasteiger charge is 2.05. The summed E-state index contributed by atoms with van der Waals surface area (Å²) in [6.07, 6.45) is 6.06. The van der Waals surface area contributed by atoms with Gasteiger partial charge in [0.05, 0.1) is 33.5 Å². The van der Waals surface area contributed by atoms with Gasteiger partial charge in [-0.25, -0.2) is 0 Å². The topological polar surface area (TPSA) is 54.0 Å². The standard InChI is InChI=1S/C17H34O5/c1-4-6-8-16(5-2)15-22-14-13-21-12-11-20-10-7-9-17(18)19-3/h16H,4-15H2,1-3H3. The van der Waals surface area contributed by atoms with Crippen LogP contribution in [0.3, 0.4) is 0 Å². The smallest absolute Gasteiger partial charge is 0.305 e. The molecule has 1 atom stereocenters. The summed E-state index contributed by atoms with van der Waals surface area (Å²) in [4.78, 5) is 10.9. The van der Waals surface area contributed by atoms with Crippen molar-refractivity contribution in [3.8, 4) is 0 Å². The fraction of sp³-hybridized carbons (Fsp3) is 0.941. The van der Waals surface area contributed by atoms with Crippen molar-refractivity contribution in [1.29, 1.82) is 0 Å². The van der Waals surface area contributed by atoms with Gasteiger partial charge in [0.1, 0.15) is 0 Å². The van der Waals surface area contributed by atoms with E-state index in [1.54, 1.807) is 0 Å². The van der Waals surface area contributed by atoms with Crippen LogP contribution in [0.25, 0.3) is 0 Å². The van der Waals surface area contributed by atoms with Gasteiger partial charge in [0, 0.05) is 19.6 Å². The summed E-state index contributed by atoms with van der Waals surface area (Å²) in [6.45, 7) is 8.20. The molecule has 0 aliphatic heterocycles. The van der Waals surface area contributed by atoms with Crippen LogP contribution in [-0.2, 0) is 23.7 Å². The Morgan fingerprint density at radius 1 is 0.909 bits per heavy atom. The van der Waals surface area contributed by atoms with E-state index in [0.717, 1.165) is 6.61 Å². The molecule has 5 nitrogen and oxygen atoms in total. The van der Waals surface area contributed by atoms with Crippen LogP contribution in [0.1, 0.15) is 52.4 Å². The second-order valence-electron chi connectivity index (χ2n) is 5.40. The van der Waals surface area contributed by atoms with E-state index in [-0.39, 0.29) is 5.97 Å². The summed E-state index contributed by atoms with van der Waals surface area (Å²) in [7, 11) is 1.39. The maximum Gasteiger partial charge on any atom is 0.305 e. The van der Waals surface area contributed by atoms with Crippen molar-refractivity contribution in [3.63, 3.8) is 0 Å². The van der Waals surface area contributed by atoms with Gasteiger partial charge in [-0.05, 0) is 18.8 Å². The second kappa shape index (κ2) is 16.7. The average molecular weight is 318 g/mol. The first-order chi connectivity index (χ1) is 10.7. The molecule has 22 heavy (non-hydrogen) atoms. The van der Waals surface area contributed by atoms with E-state index in [2.05, 4.69) is 18.6 Å². The van der Waals surface area contributed by atoms with Crippen LogP contribution in [0.4, 0.5) is 0 Å². The first-order valence-electron chi connectivity index (χ1n) is 8.54. The Hall–Kier alpha value is -0.650. The number of rotatable bonds is 16. The van der Waals surface area contributed by atoms with E-state index >= 15 is 0 Å². The molecule has 0 aliphatic carbocycles. The number of ether oxygens (including phenoxy) is 4. The number of carbonyl (C=O) groups is 1. The summed E-state index contributed by atoms with van der Waals surface area (Å²) in [5.74, 6) is 0.486. The lowest BCUT2D eigenvalue weighted by Crippen LogP contribution is -2.14. The van der Waals surface area contributed by atoms with Gasteiger partial charge in [-0.15, -0.1) is 0 Å². The van der Waals surface area contributed by atoms with E-state index in [4.69, 9.17) is 14.2 Å². The van der Waals surface area contributed by atoms with Crippen LogP contribution in [-0.4, -0.2) is 52.7 Å². The maximum atomic E-state index is 10.9. The molecule has 0 amide bonds. The molecule has 0 rings (SSSR count). The van der Waals surface area contributed by atoms with Crippen LogP contribution in [0, 0.1) is 5.92 Å². The normalized spacial score (nSPS) is 12.3. The molecular weight excluding hydrogens is 284 g/mol. The molecule has 1 unspecified atom stereocenters. The molecule has 0 spiro atoms. The van der Waals surface area contributed by atoms with Crippen LogP contribution >= 0.6 is 0 Å². The molecule has 0 bridgehead atoms. The van der Waals surface area contributed by atoms with Crippen molar-refractivity contribution in [3.05, 3.63) is 0 Å². The predicted molar refractivity (Wildman–Crippen MR) is 87.0 cm³/mol. The summed E-state index contributed by atoms with van der Waals surface area (Å²) >= 11 is 0. The SMILES string of the molecule is CCCCC(CC)COCCOCCOCCCC(=O)OC. The lowest BCUT2D eigenvalue weighted by atomic mass is 10.0. The molecule has 132 valence electrons. The molecule has 0 aromatic heterocycles. The van der Waals surface area contributed by atoms with E-state index in [0.29, 0.717) is 51.8 Å². The minimum absolute atomic E-state index is 0.193. The van der Waals surface area contributed by atoms with Gasteiger partial charge >= 0.3 is 5.97 Å². The van der Waals surface area contributed by atoms with Crippen LogP contribution in [0.5, 0.6) is 0 Å². The zero-order valence-corrected chi connectivity index (χ0v) is 14.6. The Balaban J connectivity index is 3.21. The second-order valence-corrected chi connectivity index (χ2v) is 5.40. The van der Waals surface area contributed by atoms with E-state index in [9.17, 15) is 4.79 Å². The third-order valence-electron chi connectivity index (χ3n) is 3.54. The highest BCUT2D eigenvalue weighted by molar-refractivity contribution is 5.68. The van der Waals surface area contributed by atoms with Gasteiger partial charge in [0.15, 0.2) is 0 Å². The average Bonchev–Trinajstić information content (AvgIpc) is 2.54. The van der Waals surface area contributed by atoms with Crippen molar-refractivity contribution in [2.75, 3.05) is 46.8 Å². The third-order valence-corrected chi connectivity index (χ3v) is 3.54. The maximum absolute atomic E-state index is 10.9. The fourth-order valence-electron chi connectivity index (χ4n) is 2.01. The number of carbonyl (C=O) groups excluding carboxylic acids is 1. The number of hydrogen-bond donors (Lipinski definition) is 0. The van der Waals surface area contributed by atoms with Crippen molar-refractivity contribution in [2.24, 2.45) is 5.92 Å². The van der Waals surface area contributed by atoms with Gasteiger partial charge < -0.3 is 18.9 Å². The van der Waals surface area contributed by atoms with Crippen molar-refractivity contribution in [1.82, 2.24) is 0 Å². The Kier molecular flexibility index (Phi) is 16.2. The summed E-state index contributed by atoms with van der Waals surface area (Å²) < 4.78 is 21.0. The molecule has 0 saturated carbocycles. The zero-order chi connectivity index (χ0) is 16.5. The first kappa shape index (κ1) is 21.4. The van der Waals surface area contributed by atoms with Gasteiger partial charge in [0.25, 0.3) is 0 Å². The summed E-state index contributed by atoms with van der Waals surface area (Å²) in [6, 6.07) is 0. The van der Waals surface area contributed by atoms with E-state index < -0.39 is 0 Å². The van der Waals surface area contributed by atoms with Gasteiger partial charge in [-0.2, -0.15) is 0 Å². The molecule has 5 heteroatoms. The van der Waals surface area contributed by atoms with Gasteiger partial charge in [-0.1, -0.05) is 33.1 Å². The van der Waals surface area contributed by atoms with Crippen LogP contribution < -0.4 is 0 Å². The molecule has 0 aromatic rings. The quantitative estimate of drug-likeness (QED) is 0.323. The minimum atomic E-state index is -0.193. The highest BCUT2D eigenvalue weighted by atomic mass is 16.5. The molecule has 0 heterocycles. The Bertz CT molecular complexity index is 245. The highest BCUT2D eigenvalue weighted by Crippen LogP contribution is 2.12. The molecule has 0 aromatic carbocycles. The number of unbranched alkanes of at least 4 members (excludes halogenated alkanes) is 1. The number of methoxy groups -OCH3 is 1. The lowest BCUT2D eigenvalue weighted by molar-refractivity contribution is -0.141. The molecule has 0 radical (unpaired) electrons. The van der Waals surface area contributed by atoms with Crippen LogP contribution in [0.2, 0.25) is 0 Å². The zero-order valence-electron chi connectivity index (χ0n) is 14.6. The number of hydrogen-bond acceptors (Lipinski definition) is 5. The predicted octanol–water partition coefficient (Wildman–Crippen LogP) is 3.21. The Morgan fingerprint density at radius 2 is 1.55 bits per heavy atom. The van der Waals surface area contributed by atoms with Gasteiger partial charge in [-0.3, -0.25) is 4.79 Å².